The molecule has 23 heavy (non-hydrogen) atoms. The third-order valence-electron chi connectivity index (χ3n) is 4.46. The number of nitrogens with zero attached hydrogens (tertiary/aromatic N) is 4. The van der Waals surface area contributed by atoms with E-state index in [0.29, 0.717) is 5.92 Å². The van der Waals surface area contributed by atoms with E-state index in [1.54, 1.807) is 11.3 Å². The molecule has 4 rings (SSSR count). The summed E-state index contributed by atoms with van der Waals surface area (Å²) in [6.45, 7) is 4.39. The lowest BCUT2D eigenvalue weighted by Gasteiger charge is -2.16. The number of hydrogen-bond acceptors (Lipinski definition) is 4. The lowest BCUT2D eigenvalue weighted by atomic mass is 9.90. The van der Waals surface area contributed by atoms with Gasteiger partial charge >= 0.3 is 0 Å². The lowest BCUT2D eigenvalue weighted by Crippen LogP contribution is -2.04. The predicted octanol–water partition coefficient (Wildman–Crippen LogP) is 3.85. The first kappa shape index (κ1) is 14.8. The number of aromatic nitrogens is 4. The molecule has 1 aromatic carbocycles. The maximum absolute atomic E-state index is 4.74. The van der Waals surface area contributed by atoms with Crippen molar-refractivity contribution in [2.24, 2.45) is 5.92 Å². The summed E-state index contributed by atoms with van der Waals surface area (Å²) in [6, 6.07) is 6.96. The molecule has 2 aromatic heterocycles. The van der Waals surface area contributed by atoms with E-state index >= 15 is 0 Å². The summed E-state index contributed by atoms with van der Waals surface area (Å²) < 4.78 is 1.93. The maximum Gasteiger partial charge on any atom is 0.234 e. The van der Waals surface area contributed by atoms with Gasteiger partial charge in [-0.1, -0.05) is 43.4 Å². The van der Waals surface area contributed by atoms with Gasteiger partial charge in [0, 0.05) is 12.8 Å². The summed E-state index contributed by atoms with van der Waals surface area (Å²) in [7, 11) is 0. The minimum absolute atomic E-state index is 0.563. The highest BCUT2D eigenvalue weighted by Crippen LogP contribution is 2.24. The first-order valence-electron chi connectivity index (χ1n) is 8.50. The minimum atomic E-state index is 0.563. The van der Waals surface area contributed by atoms with Crippen molar-refractivity contribution < 1.29 is 0 Å². The molecule has 0 spiro atoms. The zero-order chi connectivity index (χ0) is 15.8. The molecule has 0 fully saturated rings. The van der Waals surface area contributed by atoms with Gasteiger partial charge in [-0.3, -0.25) is 0 Å². The smallest absolute Gasteiger partial charge is 0.187 e. The molecule has 0 atom stereocenters. The average molecular weight is 326 g/mol. The van der Waals surface area contributed by atoms with Crippen LogP contribution in [0.3, 0.4) is 0 Å². The second kappa shape index (κ2) is 6.04. The van der Waals surface area contributed by atoms with E-state index in [9.17, 15) is 0 Å². The molecule has 0 bridgehead atoms. The Hall–Kier alpha value is -1.75. The molecule has 120 valence electrons. The Morgan fingerprint density at radius 1 is 1.13 bits per heavy atom. The van der Waals surface area contributed by atoms with E-state index in [1.807, 2.05) is 4.52 Å². The summed E-state index contributed by atoms with van der Waals surface area (Å²) in [4.78, 5) is 0.911. The highest BCUT2D eigenvalue weighted by Gasteiger charge is 2.14. The number of aryl methyl sites for hydroxylation is 2. The zero-order valence-corrected chi connectivity index (χ0v) is 14.6. The van der Waals surface area contributed by atoms with Crippen LogP contribution in [0.5, 0.6) is 0 Å². The molecule has 1 aliphatic rings. The van der Waals surface area contributed by atoms with Crippen LogP contribution in [-0.2, 0) is 25.7 Å². The van der Waals surface area contributed by atoms with Crippen molar-refractivity contribution in [3.8, 4) is 0 Å². The Labute approximate surface area is 140 Å². The number of fused-ring (bicyclic) bond motifs is 2. The van der Waals surface area contributed by atoms with Crippen LogP contribution < -0.4 is 0 Å². The highest BCUT2D eigenvalue weighted by atomic mass is 32.1. The van der Waals surface area contributed by atoms with Crippen LogP contribution >= 0.6 is 11.3 Å². The highest BCUT2D eigenvalue weighted by molar-refractivity contribution is 7.16. The van der Waals surface area contributed by atoms with Gasteiger partial charge in [-0.05, 0) is 48.3 Å². The second-order valence-electron chi connectivity index (χ2n) is 6.89. The summed E-state index contributed by atoms with van der Waals surface area (Å²) in [5.74, 6) is 1.54. The molecule has 0 radical (unpaired) electrons. The van der Waals surface area contributed by atoms with Gasteiger partial charge in [0.05, 0.1) is 0 Å². The predicted molar refractivity (Wildman–Crippen MR) is 93.1 cm³/mol. The van der Waals surface area contributed by atoms with E-state index in [1.165, 1.54) is 42.4 Å². The monoisotopic (exact) mass is 326 g/mol. The quantitative estimate of drug-likeness (QED) is 0.731. The van der Waals surface area contributed by atoms with Gasteiger partial charge in [0.2, 0.25) is 4.96 Å². The van der Waals surface area contributed by atoms with Crippen molar-refractivity contribution in [2.75, 3.05) is 0 Å². The van der Waals surface area contributed by atoms with Gasteiger partial charge in [-0.2, -0.15) is 9.61 Å². The molecule has 2 heterocycles. The van der Waals surface area contributed by atoms with Crippen molar-refractivity contribution in [1.29, 1.82) is 0 Å². The van der Waals surface area contributed by atoms with Crippen LogP contribution in [0.4, 0.5) is 0 Å². The van der Waals surface area contributed by atoms with Crippen LogP contribution in [0.1, 0.15) is 54.2 Å². The van der Waals surface area contributed by atoms with Crippen molar-refractivity contribution in [1.82, 2.24) is 19.8 Å². The molecule has 0 aliphatic heterocycles. The number of hydrogen-bond donors (Lipinski definition) is 0. The van der Waals surface area contributed by atoms with Crippen molar-refractivity contribution in [3.63, 3.8) is 0 Å². The van der Waals surface area contributed by atoms with E-state index in [4.69, 9.17) is 5.10 Å². The van der Waals surface area contributed by atoms with Gasteiger partial charge in [0.1, 0.15) is 5.01 Å². The van der Waals surface area contributed by atoms with Crippen molar-refractivity contribution in [3.05, 3.63) is 45.7 Å². The van der Waals surface area contributed by atoms with Crippen LogP contribution in [0.25, 0.3) is 4.96 Å². The van der Waals surface area contributed by atoms with E-state index in [2.05, 4.69) is 42.2 Å². The standard InChI is InChI=1S/C18H22N4S/c1-12(2)9-16-19-20-18-22(16)21-17(23-18)11-13-7-8-14-5-3-4-6-15(14)10-13/h7-8,10,12H,3-6,9,11H2,1-2H3. The topological polar surface area (TPSA) is 43.1 Å². The second-order valence-corrected chi connectivity index (χ2v) is 7.93. The Bertz CT molecular complexity index is 831. The van der Waals surface area contributed by atoms with Crippen LogP contribution in [-0.4, -0.2) is 19.8 Å². The molecule has 0 N–H and O–H groups in total. The third kappa shape index (κ3) is 3.02. The first-order chi connectivity index (χ1) is 11.2. The SMILES string of the molecule is CC(C)Cc1nnc2sc(Cc3ccc4c(c3)CCCC4)nn12. The molecule has 1 aliphatic carbocycles. The van der Waals surface area contributed by atoms with Gasteiger partial charge in [-0.25, -0.2) is 0 Å². The van der Waals surface area contributed by atoms with Gasteiger partial charge in [0.15, 0.2) is 5.82 Å². The van der Waals surface area contributed by atoms with E-state index in [-0.39, 0.29) is 0 Å². The number of rotatable bonds is 4. The first-order valence-corrected chi connectivity index (χ1v) is 9.31. The Morgan fingerprint density at radius 3 is 2.78 bits per heavy atom. The molecule has 5 heteroatoms. The summed E-state index contributed by atoms with van der Waals surface area (Å²) >= 11 is 1.66. The fraction of sp³-hybridized carbons (Fsp3) is 0.500. The fourth-order valence-corrected chi connectivity index (χ4v) is 4.22. The van der Waals surface area contributed by atoms with Crippen LogP contribution in [0.2, 0.25) is 0 Å². The molecular weight excluding hydrogens is 304 g/mol. The molecule has 0 saturated carbocycles. The average Bonchev–Trinajstić information content (AvgIpc) is 3.08. The van der Waals surface area contributed by atoms with Crippen LogP contribution in [0, 0.1) is 5.92 Å². The normalized spacial score (nSPS) is 14.6. The van der Waals surface area contributed by atoms with Crippen molar-refractivity contribution in [2.45, 2.75) is 52.4 Å². The summed E-state index contributed by atoms with van der Waals surface area (Å²) in [5.41, 5.74) is 4.44. The maximum atomic E-state index is 4.74. The summed E-state index contributed by atoms with van der Waals surface area (Å²) in [5, 5.41) is 14.4. The molecule has 3 aromatic rings. The fourth-order valence-electron chi connectivity index (χ4n) is 3.33. The van der Waals surface area contributed by atoms with E-state index in [0.717, 1.165) is 28.6 Å². The zero-order valence-electron chi connectivity index (χ0n) is 13.7. The lowest BCUT2D eigenvalue weighted by molar-refractivity contribution is 0.605. The van der Waals surface area contributed by atoms with Gasteiger partial charge in [0.25, 0.3) is 0 Å². The Balaban J connectivity index is 1.59. The van der Waals surface area contributed by atoms with Crippen LogP contribution in [0.15, 0.2) is 18.2 Å². The number of benzene rings is 1. The molecular formula is C18H22N4S. The van der Waals surface area contributed by atoms with Gasteiger partial charge in [-0.15, -0.1) is 10.2 Å². The Kier molecular flexibility index (Phi) is 3.89. The van der Waals surface area contributed by atoms with Crippen molar-refractivity contribution >= 4 is 16.3 Å². The molecule has 4 nitrogen and oxygen atoms in total. The molecule has 0 unspecified atom stereocenters. The summed E-state index contributed by atoms with van der Waals surface area (Å²) in [6.07, 6.45) is 6.94. The largest absolute Gasteiger partial charge is 0.234 e. The molecule has 0 saturated heterocycles. The minimum Gasteiger partial charge on any atom is -0.187 e. The van der Waals surface area contributed by atoms with Gasteiger partial charge < -0.3 is 0 Å². The Morgan fingerprint density at radius 2 is 1.96 bits per heavy atom. The molecule has 0 amide bonds. The van der Waals surface area contributed by atoms with E-state index < -0.39 is 0 Å². The third-order valence-corrected chi connectivity index (χ3v) is 5.36.